The second kappa shape index (κ2) is 11.2. The van der Waals surface area contributed by atoms with E-state index in [0.29, 0.717) is 16.9 Å². The summed E-state index contributed by atoms with van der Waals surface area (Å²) in [6.45, 7) is 1.52. The van der Waals surface area contributed by atoms with E-state index in [4.69, 9.17) is 4.74 Å². The smallest absolute Gasteiger partial charge is 0.418 e. The number of carbonyl (C=O) groups is 2. The molecule has 0 saturated carbocycles. The Hall–Kier alpha value is -4.32. The van der Waals surface area contributed by atoms with E-state index in [1.54, 1.807) is 49.4 Å². The number of benzene rings is 3. The molecular formula is C26H22F3N3O3. The number of anilines is 1. The van der Waals surface area contributed by atoms with E-state index >= 15 is 0 Å². The van der Waals surface area contributed by atoms with Gasteiger partial charge in [-0.3, -0.25) is 9.59 Å². The molecule has 0 aromatic heterocycles. The second-order valence-corrected chi connectivity index (χ2v) is 7.50. The predicted octanol–water partition coefficient (Wildman–Crippen LogP) is 5.26. The van der Waals surface area contributed by atoms with Crippen molar-refractivity contribution in [3.63, 3.8) is 0 Å². The van der Waals surface area contributed by atoms with Crippen LogP contribution in [0, 0.1) is 11.3 Å². The van der Waals surface area contributed by atoms with Crippen molar-refractivity contribution < 1.29 is 27.5 Å². The van der Waals surface area contributed by atoms with Crippen LogP contribution in [0.3, 0.4) is 0 Å². The van der Waals surface area contributed by atoms with Crippen LogP contribution in [0.15, 0.2) is 72.8 Å². The maximum atomic E-state index is 13.2. The molecular weight excluding hydrogens is 459 g/mol. The summed E-state index contributed by atoms with van der Waals surface area (Å²) in [4.78, 5) is 26.7. The third kappa shape index (κ3) is 6.60. The fraction of sp³-hybridized carbons (Fsp3) is 0.192. The Morgan fingerprint density at radius 3 is 2.46 bits per heavy atom. The van der Waals surface area contributed by atoms with Gasteiger partial charge in [-0.05, 0) is 43.3 Å². The summed E-state index contributed by atoms with van der Waals surface area (Å²) < 4.78 is 45.3. The summed E-state index contributed by atoms with van der Waals surface area (Å²) in [5, 5.41) is 11.4. The van der Waals surface area contributed by atoms with Crippen LogP contribution in [-0.2, 0) is 17.6 Å². The van der Waals surface area contributed by atoms with Crippen LogP contribution in [0.1, 0.15) is 34.0 Å². The van der Waals surface area contributed by atoms with Crippen LogP contribution in [0.4, 0.5) is 18.9 Å². The summed E-state index contributed by atoms with van der Waals surface area (Å²) in [7, 11) is 0. The molecule has 0 aliphatic carbocycles. The van der Waals surface area contributed by atoms with Crippen molar-refractivity contribution in [1.29, 1.82) is 5.26 Å². The first-order valence-electron chi connectivity index (χ1n) is 10.7. The first-order valence-corrected chi connectivity index (χ1v) is 10.7. The molecule has 35 heavy (non-hydrogen) atoms. The molecule has 0 aliphatic rings. The number of para-hydroxylation sites is 1. The lowest BCUT2D eigenvalue weighted by Gasteiger charge is -2.21. The van der Waals surface area contributed by atoms with Gasteiger partial charge in [0.2, 0.25) is 5.91 Å². The van der Waals surface area contributed by atoms with E-state index in [9.17, 15) is 28.0 Å². The molecule has 0 spiro atoms. The number of hydrogen-bond acceptors (Lipinski definition) is 4. The maximum Gasteiger partial charge on any atom is 0.418 e. The number of carbonyl (C=O) groups excluding carboxylic acids is 2. The topological polar surface area (TPSA) is 82.4 Å². The lowest BCUT2D eigenvalue weighted by molar-refractivity contribution is -0.137. The Kier molecular flexibility index (Phi) is 8.10. The van der Waals surface area contributed by atoms with Gasteiger partial charge >= 0.3 is 6.18 Å². The maximum absolute atomic E-state index is 13.2. The molecule has 6 nitrogen and oxygen atoms in total. The van der Waals surface area contributed by atoms with Crippen molar-refractivity contribution in [2.24, 2.45) is 0 Å². The second-order valence-electron chi connectivity index (χ2n) is 7.50. The fourth-order valence-corrected chi connectivity index (χ4v) is 3.35. The standard InChI is InChI=1S/C26H22F3N3O3/c1-2-32(16-24(33)31-23-13-6-5-12-22(23)26(27,28)29)25(34)18-10-7-11-21(14-18)35-17-20-9-4-3-8-19(20)15-30/h3-14H,2,16-17H2,1H3,(H,31,33). The SMILES string of the molecule is CCN(CC(=O)Nc1ccccc1C(F)(F)F)C(=O)c1cccc(OCc2ccccc2C#N)c1. The number of amides is 2. The lowest BCUT2D eigenvalue weighted by Crippen LogP contribution is -2.38. The van der Waals surface area contributed by atoms with Gasteiger partial charge in [0.15, 0.2) is 0 Å². The number of likely N-dealkylation sites (N-methyl/N-ethyl adjacent to an activating group) is 1. The molecule has 0 radical (unpaired) electrons. The summed E-state index contributed by atoms with van der Waals surface area (Å²) in [6, 6.07) is 20.1. The summed E-state index contributed by atoms with van der Waals surface area (Å²) in [6.07, 6.45) is -4.63. The van der Waals surface area contributed by atoms with Crippen molar-refractivity contribution in [3.8, 4) is 11.8 Å². The number of halogens is 3. The highest BCUT2D eigenvalue weighted by molar-refractivity contribution is 5.99. The van der Waals surface area contributed by atoms with Crippen molar-refractivity contribution in [2.75, 3.05) is 18.4 Å². The first-order chi connectivity index (χ1) is 16.7. The number of nitriles is 1. The average Bonchev–Trinajstić information content (AvgIpc) is 2.85. The Bertz CT molecular complexity index is 1250. The number of hydrogen-bond donors (Lipinski definition) is 1. The minimum Gasteiger partial charge on any atom is -0.489 e. The van der Waals surface area contributed by atoms with Gasteiger partial charge in [-0.2, -0.15) is 18.4 Å². The Labute approximate surface area is 200 Å². The minimum absolute atomic E-state index is 0.125. The van der Waals surface area contributed by atoms with Crippen LogP contribution in [0.2, 0.25) is 0 Å². The fourth-order valence-electron chi connectivity index (χ4n) is 3.35. The molecule has 3 aromatic carbocycles. The van der Waals surface area contributed by atoms with Crippen molar-refractivity contribution in [2.45, 2.75) is 19.7 Å². The Balaban J connectivity index is 1.68. The number of rotatable bonds is 8. The summed E-state index contributed by atoms with van der Waals surface area (Å²) in [5.41, 5.74) is 0.0845. The summed E-state index contributed by atoms with van der Waals surface area (Å²) in [5.74, 6) is -0.838. The molecule has 0 atom stereocenters. The van der Waals surface area contributed by atoms with E-state index < -0.39 is 30.1 Å². The number of nitrogens with zero attached hydrogens (tertiary/aromatic N) is 2. The normalized spacial score (nSPS) is 10.8. The number of alkyl halides is 3. The molecule has 0 aliphatic heterocycles. The van der Waals surface area contributed by atoms with Crippen molar-refractivity contribution in [3.05, 3.63) is 95.1 Å². The zero-order valence-corrected chi connectivity index (χ0v) is 18.8. The van der Waals surface area contributed by atoms with Crippen molar-refractivity contribution in [1.82, 2.24) is 4.90 Å². The monoisotopic (exact) mass is 481 g/mol. The summed E-state index contributed by atoms with van der Waals surface area (Å²) >= 11 is 0. The predicted molar refractivity (Wildman–Crippen MR) is 124 cm³/mol. The molecule has 3 rings (SSSR count). The van der Waals surface area contributed by atoms with E-state index in [1.807, 2.05) is 0 Å². The van der Waals surface area contributed by atoms with Crippen LogP contribution in [0.5, 0.6) is 5.75 Å². The van der Waals surface area contributed by atoms with Crippen LogP contribution >= 0.6 is 0 Å². The average molecular weight is 481 g/mol. The molecule has 0 fully saturated rings. The molecule has 3 aromatic rings. The molecule has 0 saturated heterocycles. The van der Waals surface area contributed by atoms with E-state index in [2.05, 4.69) is 11.4 Å². The highest BCUT2D eigenvalue weighted by atomic mass is 19.4. The van der Waals surface area contributed by atoms with Crippen LogP contribution in [0.25, 0.3) is 0 Å². The minimum atomic E-state index is -4.63. The highest BCUT2D eigenvalue weighted by Crippen LogP contribution is 2.34. The van der Waals surface area contributed by atoms with Gasteiger partial charge < -0.3 is 15.0 Å². The van der Waals surface area contributed by atoms with Gasteiger partial charge in [-0.15, -0.1) is 0 Å². The van der Waals surface area contributed by atoms with E-state index in [-0.39, 0.29) is 24.4 Å². The van der Waals surface area contributed by atoms with Crippen LogP contribution < -0.4 is 10.1 Å². The van der Waals surface area contributed by atoms with Crippen molar-refractivity contribution >= 4 is 17.5 Å². The van der Waals surface area contributed by atoms with Gasteiger partial charge in [0.05, 0.1) is 22.9 Å². The molecule has 180 valence electrons. The molecule has 0 heterocycles. The number of ether oxygens (including phenoxy) is 1. The lowest BCUT2D eigenvalue weighted by atomic mass is 10.1. The van der Waals surface area contributed by atoms with Gasteiger partial charge in [0.25, 0.3) is 5.91 Å². The highest BCUT2D eigenvalue weighted by Gasteiger charge is 2.33. The van der Waals surface area contributed by atoms with E-state index in [0.717, 1.165) is 12.1 Å². The van der Waals surface area contributed by atoms with Gasteiger partial charge in [0, 0.05) is 17.7 Å². The Morgan fingerprint density at radius 2 is 1.74 bits per heavy atom. The molecule has 1 N–H and O–H groups in total. The quantitative estimate of drug-likeness (QED) is 0.476. The molecule has 0 bridgehead atoms. The molecule has 9 heteroatoms. The largest absolute Gasteiger partial charge is 0.489 e. The first kappa shape index (κ1) is 25.3. The zero-order chi connectivity index (χ0) is 25.4. The molecule has 2 amide bonds. The zero-order valence-electron chi connectivity index (χ0n) is 18.8. The van der Waals surface area contributed by atoms with Gasteiger partial charge in [-0.25, -0.2) is 0 Å². The van der Waals surface area contributed by atoms with Gasteiger partial charge in [0.1, 0.15) is 18.9 Å². The Morgan fingerprint density at radius 1 is 1.03 bits per heavy atom. The third-order valence-corrected chi connectivity index (χ3v) is 5.12. The van der Waals surface area contributed by atoms with Gasteiger partial charge in [-0.1, -0.05) is 36.4 Å². The van der Waals surface area contributed by atoms with Crippen LogP contribution in [-0.4, -0.2) is 29.8 Å². The number of nitrogens with one attached hydrogen (secondary N) is 1. The van der Waals surface area contributed by atoms with E-state index in [1.165, 1.54) is 23.1 Å². The molecule has 0 unspecified atom stereocenters. The third-order valence-electron chi connectivity index (χ3n) is 5.12.